The van der Waals surface area contributed by atoms with Crippen LogP contribution in [0.1, 0.15) is 371 Å². The molecule has 12 unspecified atom stereocenters. The predicted molar refractivity (Wildman–Crippen MR) is 618 cm³/mol. The fourth-order valence-electron chi connectivity index (χ4n) is 27.1. The minimum absolute atomic E-state index is 0. The summed E-state index contributed by atoms with van der Waals surface area (Å²) in [5, 5.41) is 33.6. The van der Waals surface area contributed by atoms with E-state index < -0.39 is 0 Å². The Kier molecular flexibility index (Phi) is 45.5. The van der Waals surface area contributed by atoms with E-state index in [9.17, 15) is 29.4 Å². The van der Waals surface area contributed by atoms with Crippen LogP contribution >= 0.6 is 0 Å². The molecule has 20 nitrogen and oxygen atoms in total. The Morgan fingerprint density at radius 2 is 0.487 bits per heavy atom. The van der Waals surface area contributed by atoms with Crippen molar-refractivity contribution >= 4 is 23.6 Å². The summed E-state index contributed by atoms with van der Waals surface area (Å²) in [5.74, 6) is 2.53. The molecule has 8 aromatic rings. The number of phenolic OH excluding ortho intramolecular Hbond substituents is 2. The first-order chi connectivity index (χ1) is 71.6. The number of carbonyl (C=O) groups excluding carboxylic acids is 4. The average molecular weight is 2040 g/mol. The highest BCUT2D eigenvalue weighted by molar-refractivity contribution is 5.96. The summed E-state index contributed by atoms with van der Waals surface area (Å²) in [5.41, 5.74) is 12.4. The second-order valence-electron chi connectivity index (χ2n) is 44.1. The topological polar surface area (TPSA) is 201 Å². The molecule has 12 aliphatic rings. The molecule has 0 aromatic heterocycles. The molecule has 4 saturated carbocycles. The Labute approximate surface area is 902 Å². The molecule has 12 atom stereocenters. The van der Waals surface area contributed by atoms with Crippen LogP contribution in [0.5, 0.6) is 23.0 Å². The Hall–Kier alpha value is -10.5. The van der Waals surface area contributed by atoms with Crippen molar-refractivity contribution in [2.45, 2.75) is 358 Å². The summed E-state index contributed by atoms with van der Waals surface area (Å²) in [7, 11) is 3.47. The third-order valence-electron chi connectivity index (χ3n) is 34.6. The zero-order valence-corrected chi connectivity index (χ0v) is 87.7. The zero-order chi connectivity index (χ0) is 101. The highest BCUT2D eigenvalue weighted by atomic mass is 16.5. The molecular formula is C130H184N12O8. The van der Waals surface area contributed by atoms with Gasteiger partial charge in [0, 0.05) is 173 Å². The summed E-state index contributed by atoms with van der Waals surface area (Å²) in [6, 6.07) is 71.6. The molecule has 8 heterocycles. The van der Waals surface area contributed by atoms with Crippen molar-refractivity contribution in [2.24, 2.45) is 0 Å². The van der Waals surface area contributed by atoms with Crippen molar-refractivity contribution in [3.05, 3.63) is 312 Å². The number of carbonyl (C=O) groups is 4. The Morgan fingerprint density at radius 3 is 0.713 bits per heavy atom. The monoisotopic (exact) mass is 2040 g/mol. The lowest BCUT2D eigenvalue weighted by Gasteiger charge is -2.41. The standard InChI is InChI=1S/C33H45N3O2.C32H43N3O2.C31H41N3O2.C30H39N3O2.4CH4/c1-3-21-36-29-13-9-14-30(36)24-35(22-20-29)32(27-10-8-15-31(23-27)38-2)25-16-18-26(19-17-25)33(37)34-28-11-6-4-5-7-12-28;1-3-20-35-28-12-8-13-29(35)23-34(21-19-28)31(26-9-7-14-30(22-26)37-2)24-15-17-25(18-16-24)32(36)33-27-10-5-4-6-11-27;1-2-19-34-27-11-7-12-28(34)22-33(20-18-27)30(25-8-6-13-29(35)21-25)23-14-16-24(17-15-23)31(36)32-26-9-4-3-5-10-26;1-2-18-33-26-10-6-11-27(33)21-32(19-17-26)29(24-7-5-12-28(34)20-24)22-13-15-23(16-14-22)30(35)31-25-8-3-4-9-25;;;;/h3,8,10,15-19,23,28-30,32H,1,4-7,9,11-14,20-22,24H2,2H3,(H,34,37);3,7,9,14-18,22,27-29,31H,1,4-6,8,10-13,19-21,23H2,2H3,(H,33,36);2,6,8,13-17,21,26-28,30,35H,1,3-5,7,9-12,18-20,22H2,(H,32,36);2,5,7,12-16,20,25-27,29,34H,1,3-4,6,8-11,17-19,21H2,(H,31,35);4*1H4. The number of amides is 4. The number of benzene rings is 8. The van der Waals surface area contributed by atoms with Gasteiger partial charge in [0.2, 0.25) is 0 Å². The van der Waals surface area contributed by atoms with Crippen LogP contribution in [0.25, 0.3) is 0 Å². The Bertz CT molecular complexity index is 5500. The van der Waals surface area contributed by atoms with Crippen LogP contribution in [0.3, 0.4) is 0 Å². The summed E-state index contributed by atoms with van der Waals surface area (Å²) >= 11 is 0. The van der Waals surface area contributed by atoms with E-state index in [0.29, 0.717) is 84.0 Å². The molecule has 4 aliphatic carbocycles. The number of hydrogen-bond donors (Lipinski definition) is 6. The van der Waals surface area contributed by atoms with Gasteiger partial charge in [0.25, 0.3) is 23.6 Å². The van der Waals surface area contributed by atoms with E-state index in [2.05, 4.69) is 196 Å². The van der Waals surface area contributed by atoms with Gasteiger partial charge in [-0.2, -0.15) is 0 Å². The maximum atomic E-state index is 13.1. The summed E-state index contributed by atoms with van der Waals surface area (Å²) in [6.07, 6.45) is 51.6. The number of piperidine rings is 4. The molecule has 150 heavy (non-hydrogen) atoms. The van der Waals surface area contributed by atoms with Crippen LogP contribution in [0.15, 0.2) is 245 Å². The lowest BCUT2D eigenvalue weighted by atomic mass is 9.93. The molecule has 8 aromatic carbocycles. The minimum atomic E-state index is 0. The van der Waals surface area contributed by atoms with E-state index in [1.807, 2.05) is 97.1 Å². The van der Waals surface area contributed by atoms with Crippen molar-refractivity contribution < 1.29 is 38.9 Å². The van der Waals surface area contributed by atoms with Gasteiger partial charge in [0.05, 0.1) is 38.4 Å². The third-order valence-corrected chi connectivity index (χ3v) is 34.6. The molecule has 8 aliphatic heterocycles. The molecule has 8 bridgehead atoms. The van der Waals surface area contributed by atoms with Crippen LogP contribution < -0.4 is 30.7 Å². The quantitative estimate of drug-likeness (QED) is 0.0183. The predicted octanol–water partition coefficient (Wildman–Crippen LogP) is 25.8. The lowest BCUT2D eigenvalue weighted by Crippen LogP contribution is -2.48. The number of hydrogen-bond acceptors (Lipinski definition) is 16. The molecule has 12 fully saturated rings. The number of phenols is 2. The fraction of sp³-hybridized carbons (Fsp3) is 0.538. The van der Waals surface area contributed by atoms with E-state index in [1.54, 1.807) is 26.4 Å². The average Bonchev–Trinajstić information content (AvgIpc) is 1.46. The Morgan fingerprint density at radius 1 is 0.273 bits per heavy atom. The van der Waals surface area contributed by atoms with Crippen LogP contribution in [-0.2, 0) is 0 Å². The second kappa shape index (κ2) is 58.5. The first-order valence-corrected chi connectivity index (χ1v) is 56.5. The van der Waals surface area contributed by atoms with Crippen molar-refractivity contribution in [1.29, 1.82) is 0 Å². The van der Waals surface area contributed by atoms with Crippen molar-refractivity contribution in [3.8, 4) is 23.0 Å². The number of fused-ring (bicyclic) bond motifs is 8. The van der Waals surface area contributed by atoms with Crippen LogP contribution in [0.2, 0.25) is 0 Å². The molecule has 4 amide bonds. The van der Waals surface area contributed by atoms with E-state index >= 15 is 0 Å². The number of nitrogens with zero attached hydrogens (tertiary/aromatic N) is 8. The number of methoxy groups -OCH3 is 2. The normalized spacial score (nSPS) is 23.7. The van der Waals surface area contributed by atoms with Crippen LogP contribution in [0.4, 0.5) is 0 Å². The number of ether oxygens (including phenoxy) is 2. The smallest absolute Gasteiger partial charge is 0.251 e. The number of rotatable bonds is 30. The molecule has 20 heteroatoms. The van der Waals surface area contributed by atoms with Crippen LogP contribution in [0, 0.1) is 0 Å². The minimum Gasteiger partial charge on any atom is -0.508 e. The van der Waals surface area contributed by atoms with Gasteiger partial charge in [-0.3, -0.25) is 58.4 Å². The van der Waals surface area contributed by atoms with Crippen molar-refractivity contribution in [2.75, 3.05) is 92.8 Å². The van der Waals surface area contributed by atoms with Gasteiger partial charge in [-0.05, 0) is 270 Å². The van der Waals surface area contributed by atoms with E-state index in [0.717, 1.165) is 188 Å². The fourth-order valence-corrected chi connectivity index (χ4v) is 27.1. The Balaban J connectivity index is 0.000000165. The molecular weight excluding hydrogens is 1860 g/mol. The van der Waals surface area contributed by atoms with Gasteiger partial charge in [-0.15, -0.1) is 26.3 Å². The van der Waals surface area contributed by atoms with Gasteiger partial charge in [0.1, 0.15) is 23.0 Å². The molecule has 6 N–H and O–H groups in total. The first kappa shape index (κ1) is 117. The maximum absolute atomic E-state index is 13.1. The van der Waals surface area contributed by atoms with E-state index in [4.69, 9.17) is 9.47 Å². The van der Waals surface area contributed by atoms with Crippen molar-refractivity contribution in [1.82, 2.24) is 60.5 Å². The highest BCUT2D eigenvalue weighted by Crippen LogP contribution is 2.44. The number of nitrogens with one attached hydrogen (secondary N) is 4. The van der Waals surface area contributed by atoms with Gasteiger partial charge < -0.3 is 41.0 Å². The second-order valence-corrected chi connectivity index (χ2v) is 44.1. The van der Waals surface area contributed by atoms with Crippen molar-refractivity contribution in [3.63, 3.8) is 0 Å². The molecule has 812 valence electrons. The zero-order valence-electron chi connectivity index (χ0n) is 87.7. The van der Waals surface area contributed by atoms with Gasteiger partial charge in [0.15, 0.2) is 0 Å². The SMILES string of the molecule is C.C.C.C.C=CCN1C2CCCC1CN(C(c1ccc(C(=O)NC3CCCC3)cc1)c1cccc(O)c1)CC2.C=CCN1C2CCCC1CN(C(c1ccc(C(=O)NC3CCCCC3)cc1)c1cccc(O)c1)CC2.C=CCN1C2CCCC1CN(C(c1ccc(C(=O)NC3CCCCC3)cc1)c1cccc(OC)c1)CC2.C=CCN1C2CCCC1CN(C(c1ccc(C(=O)NC3CCCCCC3)cc1)c1cccc(OC)c1)CC2. The van der Waals surface area contributed by atoms with Crippen LogP contribution in [-0.4, -0.2) is 238 Å². The highest BCUT2D eigenvalue weighted by Gasteiger charge is 2.43. The van der Waals surface area contributed by atoms with E-state index in [1.165, 1.54) is 200 Å². The molecule has 0 radical (unpaired) electrons. The molecule has 20 rings (SSSR count). The van der Waals surface area contributed by atoms with Gasteiger partial charge in [-0.25, -0.2) is 0 Å². The van der Waals surface area contributed by atoms with E-state index in [-0.39, 0.29) is 77.5 Å². The molecule has 0 spiro atoms. The summed E-state index contributed by atoms with van der Waals surface area (Å²) in [4.78, 5) is 73.0. The lowest BCUT2D eigenvalue weighted by molar-refractivity contribution is 0.0919. The number of aromatic hydroxyl groups is 2. The van der Waals surface area contributed by atoms with Gasteiger partial charge in [-0.1, -0.05) is 254 Å². The largest absolute Gasteiger partial charge is 0.508 e. The summed E-state index contributed by atoms with van der Waals surface area (Å²) in [6.45, 7) is 28.1. The first-order valence-electron chi connectivity index (χ1n) is 56.5. The maximum Gasteiger partial charge on any atom is 0.251 e. The third kappa shape index (κ3) is 30.6. The summed E-state index contributed by atoms with van der Waals surface area (Å²) < 4.78 is 11.2. The molecule has 8 saturated heterocycles. The van der Waals surface area contributed by atoms with Gasteiger partial charge >= 0.3 is 0 Å².